The Morgan fingerprint density at radius 3 is 2.81 bits per heavy atom. The summed E-state index contributed by atoms with van der Waals surface area (Å²) in [5, 5.41) is 0. The molecule has 0 unspecified atom stereocenters. The van der Waals surface area contributed by atoms with Gasteiger partial charge in [-0.25, -0.2) is 4.98 Å². The van der Waals surface area contributed by atoms with Gasteiger partial charge in [-0.1, -0.05) is 6.07 Å². The van der Waals surface area contributed by atoms with E-state index >= 15 is 0 Å². The molecule has 1 saturated heterocycles. The second-order valence-electron chi connectivity index (χ2n) is 4.61. The SMILES string of the molecule is Cc1cccc2nc(CN3CCCC3)cn12. The van der Waals surface area contributed by atoms with E-state index in [0.29, 0.717) is 0 Å². The maximum Gasteiger partial charge on any atom is 0.137 e. The summed E-state index contributed by atoms with van der Waals surface area (Å²) in [7, 11) is 0. The lowest BCUT2D eigenvalue weighted by molar-refractivity contribution is 0.328. The zero-order valence-electron chi connectivity index (χ0n) is 9.69. The van der Waals surface area contributed by atoms with Gasteiger partial charge in [-0.3, -0.25) is 4.90 Å². The predicted molar refractivity (Wildman–Crippen MR) is 64.4 cm³/mol. The third-order valence-electron chi connectivity index (χ3n) is 3.33. The fourth-order valence-corrected chi connectivity index (χ4v) is 2.44. The lowest BCUT2D eigenvalue weighted by Gasteiger charge is -2.11. The molecule has 0 amide bonds. The van der Waals surface area contributed by atoms with Crippen molar-refractivity contribution in [1.82, 2.24) is 14.3 Å². The van der Waals surface area contributed by atoms with Crippen molar-refractivity contribution in [1.29, 1.82) is 0 Å². The van der Waals surface area contributed by atoms with Gasteiger partial charge in [-0.2, -0.15) is 0 Å². The molecule has 0 bridgehead atoms. The van der Waals surface area contributed by atoms with Crippen LogP contribution < -0.4 is 0 Å². The molecule has 0 spiro atoms. The van der Waals surface area contributed by atoms with Crippen LogP contribution in [0, 0.1) is 6.92 Å². The van der Waals surface area contributed by atoms with Crippen LogP contribution in [-0.2, 0) is 6.54 Å². The van der Waals surface area contributed by atoms with Crippen molar-refractivity contribution in [3.05, 3.63) is 35.8 Å². The van der Waals surface area contributed by atoms with Gasteiger partial charge in [-0.05, 0) is 45.0 Å². The van der Waals surface area contributed by atoms with Crippen LogP contribution in [0.5, 0.6) is 0 Å². The van der Waals surface area contributed by atoms with Crippen LogP contribution in [0.25, 0.3) is 5.65 Å². The Labute approximate surface area is 95.7 Å². The average molecular weight is 215 g/mol. The number of pyridine rings is 1. The van der Waals surface area contributed by atoms with E-state index in [2.05, 4.69) is 45.6 Å². The predicted octanol–water partition coefficient (Wildman–Crippen LogP) is 2.24. The fourth-order valence-electron chi connectivity index (χ4n) is 2.44. The molecule has 2 aromatic rings. The standard InChI is InChI=1S/C13H17N3/c1-11-5-4-6-13-14-12(10-16(11)13)9-15-7-2-3-8-15/h4-6,10H,2-3,7-9H2,1H3. The maximum absolute atomic E-state index is 4.66. The monoisotopic (exact) mass is 215 g/mol. The number of aromatic nitrogens is 2. The summed E-state index contributed by atoms with van der Waals surface area (Å²) in [5.41, 5.74) is 3.50. The molecule has 0 N–H and O–H groups in total. The largest absolute Gasteiger partial charge is 0.304 e. The quantitative estimate of drug-likeness (QED) is 0.766. The first-order chi connectivity index (χ1) is 7.83. The smallest absolute Gasteiger partial charge is 0.137 e. The summed E-state index contributed by atoms with van der Waals surface area (Å²) < 4.78 is 2.17. The maximum atomic E-state index is 4.66. The Morgan fingerprint density at radius 2 is 2.06 bits per heavy atom. The van der Waals surface area contributed by atoms with Gasteiger partial charge in [0.05, 0.1) is 5.69 Å². The molecule has 1 aliphatic heterocycles. The minimum Gasteiger partial charge on any atom is -0.304 e. The molecule has 3 rings (SSSR count). The Kier molecular flexibility index (Phi) is 2.40. The minimum absolute atomic E-state index is 1.00. The van der Waals surface area contributed by atoms with Crippen LogP contribution in [0.15, 0.2) is 24.4 Å². The number of fused-ring (bicyclic) bond motifs is 1. The van der Waals surface area contributed by atoms with Crippen LogP contribution >= 0.6 is 0 Å². The first-order valence-corrected chi connectivity index (χ1v) is 5.99. The second kappa shape index (κ2) is 3.91. The van der Waals surface area contributed by atoms with Crippen molar-refractivity contribution < 1.29 is 0 Å². The van der Waals surface area contributed by atoms with Crippen LogP contribution in [-0.4, -0.2) is 27.4 Å². The van der Waals surface area contributed by atoms with E-state index in [1.165, 1.54) is 37.3 Å². The number of imidazole rings is 1. The zero-order valence-corrected chi connectivity index (χ0v) is 9.69. The number of likely N-dealkylation sites (tertiary alicyclic amines) is 1. The van der Waals surface area contributed by atoms with E-state index in [4.69, 9.17) is 0 Å². The first-order valence-electron chi connectivity index (χ1n) is 5.99. The van der Waals surface area contributed by atoms with Crippen LogP contribution in [0.1, 0.15) is 24.2 Å². The number of hydrogen-bond donors (Lipinski definition) is 0. The van der Waals surface area contributed by atoms with E-state index in [1.807, 2.05) is 0 Å². The van der Waals surface area contributed by atoms with Gasteiger partial charge in [0.1, 0.15) is 5.65 Å². The molecular formula is C13H17N3. The summed E-state index contributed by atoms with van der Waals surface area (Å²) in [5.74, 6) is 0. The van der Waals surface area contributed by atoms with E-state index in [-0.39, 0.29) is 0 Å². The molecule has 1 fully saturated rings. The normalized spacial score (nSPS) is 17.3. The number of nitrogens with zero attached hydrogens (tertiary/aromatic N) is 3. The van der Waals surface area contributed by atoms with E-state index in [0.717, 1.165) is 12.2 Å². The van der Waals surface area contributed by atoms with Gasteiger partial charge in [0.25, 0.3) is 0 Å². The number of rotatable bonds is 2. The summed E-state index contributed by atoms with van der Waals surface area (Å²) in [6.07, 6.45) is 4.85. The Balaban J connectivity index is 1.90. The molecule has 16 heavy (non-hydrogen) atoms. The minimum atomic E-state index is 1.00. The van der Waals surface area contributed by atoms with Crippen molar-refractivity contribution in [2.45, 2.75) is 26.3 Å². The summed E-state index contributed by atoms with van der Waals surface area (Å²) in [6.45, 7) is 5.58. The van der Waals surface area contributed by atoms with Crippen molar-refractivity contribution in [3.63, 3.8) is 0 Å². The highest BCUT2D eigenvalue weighted by atomic mass is 15.2. The molecule has 0 radical (unpaired) electrons. The average Bonchev–Trinajstić information content (AvgIpc) is 2.88. The molecular weight excluding hydrogens is 198 g/mol. The van der Waals surface area contributed by atoms with Crippen LogP contribution in [0.4, 0.5) is 0 Å². The topological polar surface area (TPSA) is 20.5 Å². The van der Waals surface area contributed by atoms with E-state index < -0.39 is 0 Å². The molecule has 0 aliphatic carbocycles. The molecule has 3 heteroatoms. The Bertz CT molecular complexity index is 495. The van der Waals surface area contributed by atoms with Gasteiger partial charge in [0, 0.05) is 18.4 Å². The summed E-state index contributed by atoms with van der Waals surface area (Å²) in [6, 6.07) is 6.26. The molecule has 84 valence electrons. The molecule has 3 heterocycles. The highest BCUT2D eigenvalue weighted by Gasteiger charge is 2.13. The third kappa shape index (κ3) is 1.71. The van der Waals surface area contributed by atoms with Crippen molar-refractivity contribution >= 4 is 5.65 Å². The molecule has 0 aromatic carbocycles. The molecule has 0 saturated carbocycles. The molecule has 3 nitrogen and oxygen atoms in total. The Morgan fingerprint density at radius 1 is 1.25 bits per heavy atom. The van der Waals surface area contributed by atoms with Crippen molar-refractivity contribution in [2.24, 2.45) is 0 Å². The molecule has 0 atom stereocenters. The van der Waals surface area contributed by atoms with Crippen molar-refractivity contribution in [2.75, 3.05) is 13.1 Å². The van der Waals surface area contributed by atoms with E-state index in [1.54, 1.807) is 0 Å². The lowest BCUT2D eigenvalue weighted by atomic mass is 10.4. The summed E-state index contributed by atoms with van der Waals surface area (Å²) >= 11 is 0. The van der Waals surface area contributed by atoms with Crippen molar-refractivity contribution in [3.8, 4) is 0 Å². The zero-order chi connectivity index (χ0) is 11.0. The highest BCUT2D eigenvalue weighted by molar-refractivity contribution is 5.41. The van der Waals surface area contributed by atoms with Crippen LogP contribution in [0.2, 0.25) is 0 Å². The Hall–Kier alpha value is -1.35. The van der Waals surface area contributed by atoms with Gasteiger partial charge >= 0.3 is 0 Å². The molecule has 1 aliphatic rings. The third-order valence-corrected chi connectivity index (χ3v) is 3.33. The second-order valence-corrected chi connectivity index (χ2v) is 4.61. The highest BCUT2D eigenvalue weighted by Crippen LogP contribution is 2.14. The van der Waals surface area contributed by atoms with Gasteiger partial charge in [0.15, 0.2) is 0 Å². The van der Waals surface area contributed by atoms with Gasteiger partial charge in [0.2, 0.25) is 0 Å². The fraction of sp³-hybridized carbons (Fsp3) is 0.462. The summed E-state index contributed by atoms with van der Waals surface area (Å²) in [4.78, 5) is 7.14. The lowest BCUT2D eigenvalue weighted by Crippen LogP contribution is -2.18. The van der Waals surface area contributed by atoms with Crippen LogP contribution in [0.3, 0.4) is 0 Å². The van der Waals surface area contributed by atoms with Gasteiger partial charge in [-0.15, -0.1) is 0 Å². The number of aryl methyl sites for hydroxylation is 1. The van der Waals surface area contributed by atoms with E-state index in [9.17, 15) is 0 Å². The first kappa shape index (κ1) is 9.85. The number of hydrogen-bond acceptors (Lipinski definition) is 2. The molecule has 2 aromatic heterocycles. The van der Waals surface area contributed by atoms with Gasteiger partial charge < -0.3 is 4.40 Å².